The number of carboxylic acid groups (broad SMARTS) is 1. The van der Waals surface area contributed by atoms with E-state index in [1.807, 2.05) is 36.4 Å². The second kappa shape index (κ2) is 5.19. The van der Waals surface area contributed by atoms with Crippen LogP contribution in [0.25, 0.3) is 10.9 Å². The molecule has 23 heavy (non-hydrogen) atoms. The number of amides is 1. The molecule has 2 N–H and O–H groups in total. The van der Waals surface area contributed by atoms with Crippen LogP contribution in [-0.4, -0.2) is 22.0 Å². The number of nitrogens with one attached hydrogen (secondary N) is 1. The van der Waals surface area contributed by atoms with Crippen molar-refractivity contribution in [2.45, 2.75) is 6.42 Å². The van der Waals surface area contributed by atoms with Gasteiger partial charge in [-0.2, -0.15) is 0 Å². The van der Waals surface area contributed by atoms with E-state index in [4.69, 9.17) is 0 Å². The minimum Gasteiger partial charge on any atom is -0.481 e. The van der Waals surface area contributed by atoms with Gasteiger partial charge >= 0.3 is 5.97 Å². The first-order valence-electron chi connectivity index (χ1n) is 7.70. The second-order valence-electron chi connectivity index (χ2n) is 6.24. The second-order valence-corrected chi connectivity index (χ2v) is 6.24. The van der Waals surface area contributed by atoms with Crippen LogP contribution in [0.4, 0.5) is 5.69 Å². The van der Waals surface area contributed by atoms with E-state index in [9.17, 15) is 14.7 Å². The number of hydrogen-bond acceptors (Lipinski definition) is 3. The maximum Gasteiger partial charge on any atom is 0.307 e. The summed E-state index contributed by atoms with van der Waals surface area (Å²) in [6.45, 7) is 0. The van der Waals surface area contributed by atoms with E-state index in [1.54, 1.807) is 12.3 Å². The minimum atomic E-state index is -0.885. The first-order chi connectivity index (χ1) is 11.1. The molecule has 2 aliphatic carbocycles. The molecule has 0 unspecified atom stereocenters. The molecule has 4 rings (SSSR count). The quantitative estimate of drug-likeness (QED) is 0.854. The Bertz CT molecular complexity index is 830. The Labute approximate surface area is 133 Å². The van der Waals surface area contributed by atoms with E-state index in [0.29, 0.717) is 5.69 Å². The molecular formula is C18H16N2O3. The van der Waals surface area contributed by atoms with Gasteiger partial charge in [0, 0.05) is 17.3 Å². The lowest BCUT2D eigenvalue weighted by atomic mass is 9.82. The van der Waals surface area contributed by atoms with Gasteiger partial charge in [-0.1, -0.05) is 18.2 Å². The average molecular weight is 308 g/mol. The number of allylic oxidation sites excluding steroid dienone is 2. The van der Waals surface area contributed by atoms with Crippen LogP contribution in [-0.2, 0) is 9.59 Å². The predicted octanol–water partition coefficient (Wildman–Crippen LogP) is 2.70. The summed E-state index contributed by atoms with van der Waals surface area (Å²) in [6.07, 6.45) is 6.41. The first-order valence-corrected chi connectivity index (χ1v) is 7.70. The Morgan fingerprint density at radius 2 is 1.91 bits per heavy atom. The third-order valence-electron chi connectivity index (χ3n) is 4.92. The van der Waals surface area contributed by atoms with Gasteiger partial charge in [0.05, 0.1) is 17.4 Å². The molecule has 0 spiro atoms. The highest BCUT2D eigenvalue weighted by Gasteiger charge is 2.51. The van der Waals surface area contributed by atoms with Gasteiger partial charge in [-0.25, -0.2) is 0 Å². The van der Waals surface area contributed by atoms with E-state index < -0.39 is 17.8 Å². The summed E-state index contributed by atoms with van der Waals surface area (Å²) < 4.78 is 0. The number of aromatic nitrogens is 1. The zero-order valence-corrected chi connectivity index (χ0v) is 12.3. The molecule has 5 nitrogen and oxygen atoms in total. The number of carbonyl (C=O) groups excluding carboxylic acids is 1. The summed E-state index contributed by atoms with van der Waals surface area (Å²) in [5.41, 5.74) is 1.53. The smallest absolute Gasteiger partial charge is 0.307 e. The number of carbonyl (C=O) groups is 2. The van der Waals surface area contributed by atoms with Crippen LogP contribution in [0.5, 0.6) is 0 Å². The molecule has 2 bridgehead atoms. The first kappa shape index (κ1) is 13.9. The summed E-state index contributed by atoms with van der Waals surface area (Å²) >= 11 is 0. The van der Waals surface area contributed by atoms with E-state index >= 15 is 0 Å². The molecule has 1 heterocycles. The number of nitrogens with zero attached hydrogens (tertiary/aromatic N) is 1. The number of rotatable bonds is 3. The number of aliphatic carboxylic acids is 1. The van der Waals surface area contributed by atoms with E-state index in [-0.39, 0.29) is 17.7 Å². The van der Waals surface area contributed by atoms with Crippen molar-refractivity contribution < 1.29 is 14.7 Å². The Kier molecular flexibility index (Phi) is 3.15. The zero-order valence-electron chi connectivity index (χ0n) is 12.3. The Balaban J connectivity index is 1.59. The molecule has 4 atom stereocenters. The monoisotopic (exact) mass is 308 g/mol. The fourth-order valence-electron chi connectivity index (χ4n) is 3.90. The predicted molar refractivity (Wildman–Crippen MR) is 85.7 cm³/mol. The standard InChI is InChI=1S/C18H16N2O3/c21-17(15-11-3-4-12(8-11)16(15)18(22)23)20-13-5-6-14-10(9-13)2-1-7-19-14/h1-7,9,11-12,15-16H,8H2,(H,20,21)(H,22,23)/t11-,12+,15+,16-/m1/s1. The van der Waals surface area contributed by atoms with Gasteiger partial charge in [0.15, 0.2) is 0 Å². The molecule has 5 heteroatoms. The van der Waals surface area contributed by atoms with Crippen molar-refractivity contribution in [1.29, 1.82) is 0 Å². The van der Waals surface area contributed by atoms with Crippen molar-refractivity contribution in [3.8, 4) is 0 Å². The third kappa shape index (κ3) is 2.29. The largest absolute Gasteiger partial charge is 0.481 e. The van der Waals surface area contributed by atoms with Crippen LogP contribution in [0.3, 0.4) is 0 Å². The van der Waals surface area contributed by atoms with Crippen LogP contribution < -0.4 is 5.32 Å². The molecule has 1 aromatic carbocycles. The van der Waals surface area contributed by atoms with Crippen molar-refractivity contribution >= 4 is 28.5 Å². The van der Waals surface area contributed by atoms with Gasteiger partial charge in [0.25, 0.3) is 0 Å². The molecule has 1 aromatic heterocycles. The van der Waals surface area contributed by atoms with Crippen molar-refractivity contribution in [3.05, 3.63) is 48.7 Å². The van der Waals surface area contributed by atoms with Gasteiger partial charge < -0.3 is 10.4 Å². The molecule has 0 radical (unpaired) electrons. The molecular weight excluding hydrogens is 292 g/mol. The molecule has 2 aromatic rings. The Morgan fingerprint density at radius 1 is 1.13 bits per heavy atom. The summed E-state index contributed by atoms with van der Waals surface area (Å²) in [7, 11) is 0. The number of carboxylic acids is 1. The van der Waals surface area contributed by atoms with Gasteiger partial charge in [0.2, 0.25) is 5.91 Å². The number of fused-ring (bicyclic) bond motifs is 3. The van der Waals surface area contributed by atoms with Crippen molar-refractivity contribution in [2.24, 2.45) is 23.7 Å². The maximum absolute atomic E-state index is 12.6. The van der Waals surface area contributed by atoms with Crippen LogP contribution >= 0.6 is 0 Å². The highest BCUT2D eigenvalue weighted by molar-refractivity contribution is 5.97. The molecule has 116 valence electrons. The summed E-state index contributed by atoms with van der Waals surface area (Å²) in [5, 5.41) is 13.3. The third-order valence-corrected chi connectivity index (χ3v) is 4.92. The average Bonchev–Trinajstić information content (AvgIpc) is 3.15. The van der Waals surface area contributed by atoms with E-state index in [0.717, 1.165) is 17.3 Å². The van der Waals surface area contributed by atoms with Crippen LogP contribution in [0.1, 0.15) is 6.42 Å². The van der Waals surface area contributed by atoms with Crippen molar-refractivity contribution in [1.82, 2.24) is 4.98 Å². The SMILES string of the molecule is O=C(Nc1ccc2ncccc2c1)[C@@H]1[C@H](C(=O)O)[C@H]2C=C[C@@H]1C2. The lowest BCUT2D eigenvalue weighted by Gasteiger charge is -2.23. The molecule has 0 saturated heterocycles. The van der Waals surface area contributed by atoms with E-state index in [1.165, 1.54) is 0 Å². The van der Waals surface area contributed by atoms with Gasteiger partial charge in [-0.05, 0) is 42.5 Å². The highest BCUT2D eigenvalue weighted by Crippen LogP contribution is 2.48. The summed E-state index contributed by atoms with van der Waals surface area (Å²) in [6, 6.07) is 9.28. The van der Waals surface area contributed by atoms with Crippen molar-refractivity contribution in [3.63, 3.8) is 0 Å². The topological polar surface area (TPSA) is 79.3 Å². The lowest BCUT2D eigenvalue weighted by Crippen LogP contribution is -2.36. The number of pyridine rings is 1. The highest BCUT2D eigenvalue weighted by atomic mass is 16.4. The maximum atomic E-state index is 12.6. The van der Waals surface area contributed by atoms with Gasteiger partial charge in [0.1, 0.15) is 0 Å². The van der Waals surface area contributed by atoms with Gasteiger partial charge in [-0.15, -0.1) is 0 Å². The summed E-state index contributed by atoms with van der Waals surface area (Å²) in [4.78, 5) is 28.4. The normalized spacial score (nSPS) is 28.2. The van der Waals surface area contributed by atoms with E-state index in [2.05, 4.69) is 10.3 Å². The van der Waals surface area contributed by atoms with Crippen LogP contribution in [0.2, 0.25) is 0 Å². The number of benzene rings is 1. The Hall–Kier alpha value is -2.69. The Morgan fingerprint density at radius 3 is 2.70 bits per heavy atom. The number of anilines is 1. The molecule has 1 saturated carbocycles. The number of hydrogen-bond donors (Lipinski definition) is 2. The van der Waals surface area contributed by atoms with Crippen molar-refractivity contribution in [2.75, 3.05) is 5.32 Å². The zero-order chi connectivity index (χ0) is 16.0. The lowest BCUT2D eigenvalue weighted by molar-refractivity contribution is -0.146. The fraction of sp³-hybridized carbons (Fsp3) is 0.278. The fourth-order valence-corrected chi connectivity index (χ4v) is 3.90. The molecule has 0 aliphatic heterocycles. The van der Waals surface area contributed by atoms with Gasteiger partial charge in [-0.3, -0.25) is 14.6 Å². The van der Waals surface area contributed by atoms with Crippen LogP contribution in [0.15, 0.2) is 48.7 Å². The van der Waals surface area contributed by atoms with Crippen LogP contribution in [0, 0.1) is 23.7 Å². The molecule has 2 aliphatic rings. The summed E-state index contributed by atoms with van der Waals surface area (Å²) in [5.74, 6) is -2.20. The molecule has 1 amide bonds. The minimum absolute atomic E-state index is 0.0194. The molecule has 1 fully saturated rings.